The summed E-state index contributed by atoms with van der Waals surface area (Å²) in [6.07, 6.45) is 1.49. The zero-order valence-corrected chi connectivity index (χ0v) is 20.7. The number of hydrogen-bond acceptors (Lipinski definition) is 9. The quantitative estimate of drug-likeness (QED) is 0.336. The van der Waals surface area contributed by atoms with E-state index in [-0.39, 0.29) is 42.3 Å². The van der Waals surface area contributed by atoms with Crippen LogP contribution in [0.4, 0.5) is 29.1 Å². The molecule has 5 rings (SSSR count). The van der Waals surface area contributed by atoms with E-state index in [0.717, 1.165) is 12.1 Å². The highest BCUT2D eigenvalue weighted by Gasteiger charge is 2.43. The molecule has 3 aromatic heterocycles. The maximum absolute atomic E-state index is 14.9. The number of methoxy groups -OCH3 is 1. The molecule has 1 atom stereocenters. The number of nitrogen functional groups attached to an aromatic ring is 1. The van der Waals surface area contributed by atoms with E-state index >= 15 is 0 Å². The summed E-state index contributed by atoms with van der Waals surface area (Å²) in [5.74, 6) is -2.94. The van der Waals surface area contributed by atoms with Crippen LogP contribution >= 0.6 is 0 Å². The van der Waals surface area contributed by atoms with Crippen molar-refractivity contribution in [1.82, 2.24) is 24.5 Å². The van der Waals surface area contributed by atoms with Crippen molar-refractivity contribution in [2.75, 3.05) is 30.8 Å². The van der Waals surface area contributed by atoms with Gasteiger partial charge in [-0.2, -0.15) is 0 Å². The Morgan fingerprint density at radius 2 is 1.95 bits per heavy atom. The van der Waals surface area contributed by atoms with Gasteiger partial charge in [-0.15, -0.1) is 0 Å². The molecule has 0 spiro atoms. The van der Waals surface area contributed by atoms with Gasteiger partial charge in [-0.05, 0) is 30.5 Å². The molecular weight excluding hydrogens is 520 g/mol. The molecule has 1 aliphatic rings. The molecule has 4 aromatic rings. The number of nitrogens with zero attached hydrogens (tertiary/aromatic N) is 6. The molecule has 0 aliphatic carbocycles. The van der Waals surface area contributed by atoms with Crippen molar-refractivity contribution in [3.63, 3.8) is 0 Å². The fourth-order valence-corrected chi connectivity index (χ4v) is 4.84. The summed E-state index contributed by atoms with van der Waals surface area (Å²) < 4.78 is 62.5. The van der Waals surface area contributed by atoms with Gasteiger partial charge in [-0.1, -0.05) is 0 Å². The van der Waals surface area contributed by atoms with Crippen LogP contribution in [0.15, 0.2) is 37.1 Å². The van der Waals surface area contributed by atoms with Gasteiger partial charge in [-0.3, -0.25) is 9.78 Å². The van der Waals surface area contributed by atoms with Crippen LogP contribution in [-0.4, -0.2) is 62.4 Å². The van der Waals surface area contributed by atoms with Crippen molar-refractivity contribution >= 4 is 28.5 Å². The first-order valence-corrected chi connectivity index (χ1v) is 11.9. The Hall–Kier alpha value is -4.33. The molecule has 4 heterocycles. The number of aromatic nitrogens is 5. The first-order chi connectivity index (χ1) is 18.6. The second kappa shape index (κ2) is 10.1. The smallest absolute Gasteiger partial charge is 0.297 e. The minimum Gasteiger partial charge on any atom is -0.494 e. The van der Waals surface area contributed by atoms with E-state index in [9.17, 15) is 22.4 Å². The number of rotatable bonds is 7. The van der Waals surface area contributed by atoms with Crippen molar-refractivity contribution in [3.8, 4) is 17.0 Å². The lowest BCUT2D eigenvalue weighted by Crippen LogP contribution is -2.61. The Labute approximate surface area is 219 Å². The highest BCUT2D eigenvalue weighted by molar-refractivity contribution is 5.92. The van der Waals surface area contributed by atoms with Crippen molar-refractivity contribution in [2.24, 2.45) is 5.73 Å². The molecule has 39 heavy (non-hydrogen) atoms. The largest absolute Gasteiger partial charge is 0.494 e. The predicted molar refractivity (Wildman–Crippen MR) is 134 cm³/mol. The molecule has 0 saturated carbocycles. The minimum atomic E-state index is -3.20. The standard InChI is InChI=1S/C25H24F4N8O2/c1-39-19-7-15(26)14(6-16(19)27)17-5-13(9-37-12-35-20-23(30)33-11-34-24(20)37)18(8-32-17)36-4-2-3-25(31,10-36)21(38)22(28)29/h5-8,11-12,22H,2-4,9-10,31H2,1H3,(H2,30,33,34)/t25-/m0/s1. The molecule has 1 aliphatic heterocycles. The van der Waals surface area contributed by atoms with Crippen LogP contribution in [-0.2, 0) is 11.3 Å². The minimum absolute atomic E-state index is 0.103. The van der Waals surface area contributed by atoms with Crippen molar-refractivity contribution < 1.29 is 27.1 Å². The highest BCUT2D eigenvalue weighted by Crippen LogP contribution is 2.34. The number of hydrogen-bond donors (Lipinski definition) is 2. The number of carbonyl (C=O) groups excluding carboxylic acids is 1. The molecule has 1 saturated heterocycles. The number of ketones is 1. The number of ether oxygens (including phenoxy) is 1. The van der Waals surface area contributed by atoms with Gasteiger partial charge in [-0.25, -0.2) is 32.5 Å². The van der Waals surface area contributed by atoms with Gasteiger partial charge in [0.1, 0.15) is 17.7 Å². The van der Waals surface area contributed by atoms with E-state index in [0.29, 0.717) is 35.4 Å². The third-order valence-electron chi connectivity index (χ3n) is 6.81. The lowest BCUT2D eigenvalue weighted by atomic mass is 9.85. The molecule has 204 valence electrons. The van der Waals surface area contributed by atoms with Crippen LogP contribution < -0.4 is 21.1 Å². The van der Waals surface area contributed by atoms with E-state index in [2.05, 4.69) is 19.9 Å². The summed E-state index contributed by atoms with van der Waals surface area (Å²) in [6, 6.07) is 3.46. The van der Waals surface area contributed by atoms with Gasteiger partial charge < -0.3 is 25.7 Å². The van der Waals surface area contributed by atoms with E-state index in [1.807, 2.05) is 0 Å². The second-order valence-corrected chi connectivity index (χ2v) is 9.31. The van der Waals surface area contributed by atoms with Crippen LogP contribution in [0.3, 0.4) is 0 Å². The fourth-order valence-electron chi connectivity index (χ4n) is 4.84. The average Bonchev–Trinajstić information content (AvgIpc) is 3.33. The number of alkyl halides is 2. The number of Topliss-reactive ketones (excluding diaryl/α,β-unsaturated/α-hetero) is 1. The van der Waals surface area contributed by atoms with Crippen molar-refractivity contribution in [2.45, 2.75) is 31.4 Å². The van der Waals surface area contributed by atoms with Gasteiger partial charge in [0.25, 0.3) is 6.43 Å². The van der Waals surface area contributed by atoms with Crippen LogP contribution in [0.25, 0.3) is 22.4 Å². The Morgan fingerprint density at radius 3 is 2.69 bits per heavy atom. The van der Waals surface area contributed by atoms with Crippen LogP contribution in [0.1, 0.15) is 18.4 Å². The third-order valence-corrected chi connectivity index (χ3v) is 6.81. The Kier molecular flexibility index (Phi) is 6.80. The predicted octanol–water partition coefficient (Wildman–Crippen LogP) is 2.94. The summed E-state index contributed by atoms with van der Waals surface area (Å²) >= 11 is 0. The number of pyridine rings is 1. The molecular formula is C25H24F4N8O2. The number of nitrogens with two attached hydrogens (primary N) is 2. The number of benzene rings is 1. The normalized spacial score (nSPS) is 17.7. The number of anilines is 2. The van der Waals surface area contributed by atoms with E-state index < -0.39 is 29.4 Å². The number of piperidine rings is 1. The lowest BCUT2D eigenvalue weighted by Gasteiger charge is -2.40. The molecule has 4 N–H and O–H groups in total. The van der Waals surface area contributed by atoms with Gasteiger partial charge in [0.2, 0.25) is 5.78 Å². The van der Waals surface area contributed by atoms with E-state index in [1.54, 1.807) is 15.5 Å². The van der Waals surface area contributed by atoms with E-state index in [1.165, 1.54) is 26.0 Å². The second-order valence-electron chi connectivity index (χ2n) is 9.31. The molecule has 14 heteroatoms. The Morgan fingerprint density at radius 1 is 1.15 bits per heavy atom. The summed E-state index contributed by atoms with van der Waals surface area (Å²) in [7, 11) is 1.23. The summed E-state index contributed by atoms with van der Waals surface area (Å²) in [5, 5.41) is 0. The maximum Gasteiger partial charge on any atom is 0.297 e. The Bertz CT molecular complexity index is 1560. The molecule has 0 unspecified atom stereocenters. The van der Waals surface area contributed by atoms with Gasteiger partial charge in [0.05, 0.1) is 43.1 Å². The number of imidazole rings is 1. The molecule has 1 aromatic carbocycles. The van der Waals surface area contributed by atoms with Crippen LogP contribution in [0.5, 0.6) is 5.75 Å². The zero-order chi connectivity index (χ0) is 27.9. The summed E-state index contributed by atoms with van der Waals surface area (Å²) in [6.45, 7) is 0.360. The molecule has 10 nitrogen and oxygen atoms in total. The lowest BCUT2D eigenvalue weighted by molar-refractivity contribution is -0.135. The van der Waals surface area contributed by atoms with Crippen LogP contribution in [0.2, 0.25) is 0 Å². The molecule has 1 fully saturated rings. The average molecular weight is 545 g/mol. The SMILES string of the molecule is COc1cc(F)c(-c2cc(Cn3cnc4c(N)ncnc43)c(N3CCC[C@@](N)(C(=O)C(F)F)C3)cn2)cc1F. The van der Waals surface area contributed by atoms with Gasteiger partial charge in [0.15, 0.2) is 23.0 Å². The topological polar surface area (TPSA) is 138 Å². The van der Waals surface area contributed by atoms with Crippen molar-refractivity contribution in [1.29, 1.82) is 0 Å². The van der Waals surface area contributed by atoms with Gasteiger partial charge in [0, 0.05) is 24.7 Å². The third kappa shape index (κ3) is 4.82. The zero-order valence-electron chi connectivity index (χ0n) is 20.7. The maximum atomic E-state index is 14.9. The molecule has 0 amide bonds. The van der Waals surface area contributed by atoms with Gasteiger partial charge >= 0.3 is 0 Å². The molecule has 0 radical (unpaired) electrons. The molecule has 0 bridgehead atoms. The number of fused-ring (bicyclic) bond motifs is 1. The Balaban J connectivity index is 1.60. The fraction of sp³-hybridized carbons (Fsp3) is 0.320. The first kappa shape index (κ1) is 26.3. The number of carbonyl (C=O) groups is 1. The van der Waals surface area contributed by atoms with Crippen LogP contribution in [0, 0.1) is 11.6 Å². The first-order valence-electron chi connectivity index (χ1n) is 11.9. The number of halogens is 4. The highest BCUT2D eigenvalue weighted by atomic mass is 19.3. The van der Waals surface area contributed by atoms with Crippen molar-refractivity contribution in [3.05, 3.63) is 54.2 Å². The summed E-state index contributed by atoms with van der Waals surface area (Å²) in [5.41, 5.74) is 12.1. The summed E-state index contributed by atoms with van der Waals surface area (Å²) in [4.78, 5) is 30.7. The van der Waals surface area contributed by atoms with E-state index in [4.69, 9.17) is 16.2 Å². The monoisotopic (exact) mass is 544 g/mol.